The minimum absolute atomic E-state index is 0.231. The molecule has 2 rings (SSSR count). The van der Waals surface area contributed by atoms with Crippen LogP contribution in [0.3, 0.4) is 0 Å². The Balaban J connectivity index is 2.63. The molecule has 3 N–H and O–H groups in total. The lowest BCUT2D eigenvalue weighted by atomic mass is 10.1. The van der Waals surface area contributed by atoms with Gasteiger partial charge in [-0.05, 0) is 23.5 Å². The van der Waals surface area contributed by atoms with Crippen LogP contribution in [0.4, 0.5) is 8.78 Å². The molecule has 1 aromatic heterocycles. The number of azide groups is 2. The first-order chi connectivity index (χ1) is 15.4. The van der Waals surface area contributed by atoms with Gasteiger partial charge in [-0.1, -0.05) is 10.2 Å². The fraction of sp³-hybridized carbons (Fsp3) is 0.429. The van der Waals surface area contributed by atoms with Crippen molar-refractivity contribution in [2.45, 2.75) is 11.1 Å². The van der Waals surface area contributed by atoms with Gasteiger partial charge in [0.05, 0.1) is 31.0 Å². The number of benzene rings is 1. The van der Waals surface area contributed by atoms with E-state index in [9.17, 15) is 13.0 Å². The molecule has 1 aromatic carbocycles. The van der Waals surface area contributed by atoms with Crippen LogP contribution in [0.15, 0.2) is 14.4 Å². The third-order valence-corrected chi connectivity index (χ3v) is 7.92. The van der Waals surface area contributed by atoms with Crippen LogP contribution in [0.2, 0.25) is 0 Å². The number of hydrogen-bond donors (Lipinski definition) is 3. The molecule has 180 valence electrons. The Hall–Kier alpha value is -2.68. The molecule has 0 amide bonds. The summed E-state index contributed by atoms with van der Waals surface area (Å²) in [4.78, 5) is 22.8. The van der Waals surface area contributed by atoms with Crippen molar-refractivity contribution in [2.24, 2.45) is 10.2 Å². The van der Waals surface area contributed by atoms with Crippen molar-refractivity contribution in [3.8, 4) is 11.5 Å². The monoisotopic (exact) mass is 527 g/mol. The maximum absolute atomic E-state index is 15.3. The van der Waals surface area contributed by atoms with Crippen LogP contribution in [0, 0.1) is 18.6 Å². The molecule has 0 aliphatic rings. The van der Waals surface area contributed by atoms with Gasteiger partial charge in [0.2, 0.25) is 11.5 Å². The SMILES string of the molecule is Cc1c(S(=O)(=O)NCP(=O)(O)O)sc2c(F)c(OCCN=[N+]=[N-])c(OCCN=[N+]=[N-])c(F)c12. The second kappa shape index (κ2) is 11.0. The fourth-order valence-corrected chi connectivity index (χ4v) is 6.36. The van der Waals surface area contributed by atoms with Gasteiger partial charge in [0.1, 0.15) is 10.5 Å². The molecule has 33 heavy (non-hydrogen) atoms. The molecule has 0 atom stereocenters. The Bertz CT molecular complexity index is 1300. The molecule has 14 nitrogen and oxygen atoms in total. The van der Waals surface area contributed by atoms with Crippen LogP contribution in [-0.4, -0.2) is 50.8 Å². The van der Waals surface area contributed by atoms with Crippen molar-refractivity contribution in [1.82, 2.24) is 4.72 Å². The zero-order valence-corrected chi connectivity index (χ0v) is 19.2. The van der Waals surface area contributed by atoms with Crippen molar-refractivity contribution < 1.29 is 41.0 Å². The highest BCUT2D eigenvalue weighted by Crippen LogP contribution is 2.46. The van der Waals surface area contributed by atoms with Crippen LogP contribution < -0.4 is 14.2 Å². The van der Waals surface area contributed by atoms with Gasteiger partial charge >= 0.3 is 7.60 Å². The van der Waals surface area contributed by atoms with Crippen molar-refractivity contribution in [3.63, 3.8) is 0 Å². The number of thiophene rings is 1. The van der Waals surface area contributed by atoms with Crippen molar-refractivity contribution in [2.75, 3.05) is 32.6 Å². The van der Waals surface area contributed by atoms with Crippen molar-refractivity contribution in [3.05, 3.63) is 38.1 Å². The lowest BCUT2D eigenvalue weighted by Gasteiger charge is -2.15. The van der Waals surface area contributed by atoms with Gasteiger partial charge in [-0.3, -0.25) is 4.57 Å². The van der Waals surface area contributed by atoms with Gasteiger partial charge in [-0.25, -0.2) is 17.2 Å². The molecule has 19 heteroatoms. The van der Waals surface area contributed by atoms with Gasteiger partial charge < -0.3 is 19.3 Å². The van der Waals surface area contributed by atoms with Crippen molar-refractivity contribution in [1.29, 1.82) is 0 Å². The summed E-state index contributed by atoms with van der Waals surface area (Å²) >= 11 is 0.318. The Morgan fingerprint density at radius 1 is 1.09 bits per heavy atom. The summed E-state index contributed by atoms with van der Waals surface area (Å²) in [6.07, 6.45) is -1.21. The number of aryl methyl sites for hydroxylation is 1. The zero-order valence-electron chi connectivity index (χ0n) is 16.7. The highest BCUT2D eigenvalue weighted by atomic mass is 32.2. The molecular formula is C14H16F2N7O7PS2. The van der Waals surface area contributed by atoms with Crippen molar-refractivity contribution >= 4 is 39.0 Å². The molecular weight excluding hydrogens is 511 g/mol. The van der Waals surface area contributed by atoms with E-state index in [1.165, 1.54) is 6.92 Å². The van der Waals surface area contributed by atoms with Gasteiger partial charge in [0.15, 0.2) is 11.6 Å². The lowest BCUT2D eigenvalue weighted by molar-refractivity contribution is 0.258. The predicted octanol–water partition coefficient (Wildman–Crippen LogP) is 3.28. The number of nitrogens with zero attached hydrogens (tertiary/aromatic N) is 6. The Kier molecular flexibility index (Phi) is 8.82. The van der Waals surface area contributed by atoms with Crippen LogP contribution >= 0.6 is 18.9 Å². The number of rotatable bonds is 12. The number of halogens is 2. The molecule has 0 unspecified atom stereocenters. The molecule has 2 aromatic rings. The summed E-state index contributed by atoms with van der Waals surface area (Å²) in [7, 11) is -9.29. The summed E-state index contributed by atoms with van der Waals surface area (Å²) in [5, 5.41) is 5.96. The van der Waals surface area contributed by atoms with E-state index in [-0.39, 0.29) is 31.9 Å². The second-order valence-corrected chi connectivity index (χ2v) is 10.7. The average Bonchev–Trinajstić information content (AvgIpc) is 3.10. The number of fused-ring (bicyclic) bond motifs is 1. The topological polar surface area (TPSA) is 220 Å². The Morgan fingerprint density at radius 3 is 2.09 bits per heavy atom. The number of sulfonamides is 1. The lowest BCUT2D eigenvalue weighted by Crippen LogP contribution is -2.24. The maximum atomic E-state index is 15.3. The predicted molar refractivity (Wildman–Crippen MR) is 113 cm³/mol. The summed E-state index contributed by atoms with van der Waals surface area (Å²) in [5.41, 5.74) is 16.4. The molecule has 0 bridgehead atoms. The van der Waals surface area contributed by atoms with E-state index in [1.807, 2.05) is 0 Å². The maximum Gasteiger partial charge on any atom is 0.340 e. The standard InChI is InChI=1S/C14H16F2N7O7PS2/c1-7-8-9(15)11(29-4-2-19-22-17)12(30-5-3-20-23-18)10(16)13(8)32-14(7)33(27,28)21-6-31(24,25)26/h21H,2-6H2,1H3,(H2,24,25,26). The third-order valence-electron chi connectivity index (χ3n) is 3.83. The first-order valence-electron chi connectivity index (χ1n) is 8.70. The Labute approximate surface area is 188 Å². The fourth-order valence-electron chi connectivity index (χ4n) is 2.54. The van der Waals surface area contributed by atoms with E-state index in [2.05, 4.69) is 20.1 Å². The highest BCUT2D eigenvalue weighted by Gasteiger charge is 2.31. The van der Waals surface area contributed by atoms with E-state index < -0.39 is 61.3 Å². The zero-order chi connectivity index (χ0) is 24.8. The van der Waals surface area contributed by atoms with E-state index in [0.29, 0.717) is 11.3 Å². The average molecular weight is 527 g/mol. The molecule has 1 heterocycles. The largest absolute Gasteiger partial charge is 0.487 e. The van der Waals surface area contributed by atoms with Gasteiger partial charge in [0.25, 0.3) is 10.0 Å². The molecule has 0 aliphatic heterocycles. The van der Waals surface area contributed by atoms with Crippen LogP contribution in [0.5, 0.6) is 11.5 Å². The Morgan fingerprint density at radius 2 is 1.61 bits per heavy atom. The number of ether oxygens (including phenoxy) is 2. The molecule has 0 aliphatic carbocycles. The second-order valence-electron chi connectivity index (χ2n) is 6.08. The van der Waals surface area contributed by atoms with E-state index in [0.717, 1.165) is 0 Å². The third kappa shape index (κ3) is 6.43. The summed E-state index contributed by atoms with van der Waals surface area (Å²) in [6.45, 7) is -0.0143. The number of hydrogen-bond acceptors (Lipinski definition) is 8. The summed E-state index contributed by atoms with van der Waals surface area (Å²) in [5.74, 6) is -3.78. The summed E-state index contributed by atoms with van der Waals surface area (Å²) in [6, 6.07) is 0. The summed E-state index contributed by atoms with van der Waals surface area (Å²) < 4.78 is 77.7. The minimum atomic E-state index is -4.75. The molecule has 0 fully saturated rings. The van der Waals surface area contributed by atoms with E-state index >= 15 is 8.78 Å². The number of nitrogens with one attached hydrogen (secondary N) is 1. The first kappa shape index (κ1) is 26.6. The molecule has 0 radical (unpaired) electrons. The molecule has 0 saturated carbocycles. The van der Waals surface area contributed by atoms with Crippen LogP contribution in [0.25, 0.3) is 31.0 Å². The normalized spacial score (nSPS) is 11.7. The van der Waals surface area contributed by atoms with Crippen LogP contribution in [0.1, 0.15) is 5.56 Å². The van der Waals surface area contributed by atoms with Gasteiger partial charge in [-0.15, -0.1) is 11.3 Å². The van der Waals surface area contributed by atoms with E-state index in [1.54, 1.807) is 4.72 Å². The van der Waals surface area contributed by atoms with E-state index in [4.69, 9.17) is 30.3 Å². The smallest absolute Gasteiger partial charge is 0.340 e. The molecule has 0 saturated heterocycles. The quantitative estimate of drug-likeness (QED) is 0.123. The minimum Gasteiger partial charge on any atom is -0.487 e. The highest BCUT2D eigenvalue weighted by molar-refractivity contribution is 7.92. The first-order valence-corrected chi connectivity index (χ1v) is 12.8. The molecule has 0 spiro atoms. The van der Waals surface area contributed by atoms with Gasteiger partial charge in [-0.2, -0.15) is 4.72 Å². The van der Waals surface area contributed by atoms with Crippen LogP contribution in [-0.2, 0) is 14.6 Å². The van der Waals surface area contributed by atoms with Gasteiger partial charge in [0, 0.05) is 15.2 Å².